The van der Waals surface area contributed by atoms with E-state index in [1.54, 1.807) is 12.4 Å². The molecule has 82 valence electrons. The van der Waals surface area contributed by atoms with E-state index in [4.69, 9.17) is 5.73 Å². The smallest absolute Gasteiger partial charge is 0.147 e. The monoisotopic (exact) mass is 214 g/mol. The summed E-state index contributed by atoms with van der Waals surface area (Å²) < 4.78 is 0. The Balaban J connectivity index is 2.09. The molecule has 0 saturated heterocycles. The third-order valence-corrected chi connectivity index (χ3v) is 2.33. The summed E-state index contributed by atoms with van der Waals surface area (Å²) in [7, 11) is 2.00. The van der Waals surface area contributed by atoms with Gasteiger partial charge in [-0.2, -0.15) is 0 Å². The number of nitrogens with zero attached hydrogens (tertiary/aromatic N) is 3. The van der Waals surface area contributed by atoms with E-state index < -0.39 is 0 Å². The molecule has 1 heterocycles. The number of nitrogen functional groups attached to an aromatic ring is 1. The fourth-order valence-electron chi connectivity index (χ4n) is 1.44. The minimum absolute atomic E-state index is 0.685. The molecule has 1 aromatic carbocycles. The zero-order valence-corrected chi connectivity index (χ0v) is 9.17. The minimum Gasteiger partial charge on any atom is -0.399 e. The van der Waals surface area contributed by atoms with E-state index in [2.05, 4.69) is 14.9 Å². The van der Waals surface area contributed by atoms with Gasteiger partial charge in [0.25, 0.3) is 0 Å². The molecule has 16 heavy (non-hydrogen) atoms. The van der Waals surface area contributed by atoms with Crippen molar-refractivity contribution in [3.8, 4) is 0 Å². The maximum absolute atomic E-state index is 5.64. The summed E-state index contributed by atoms with van der Waals surface area (Å²) in [4.78, 5) is 10.4. The van der Waals surface area contributed by atoms with E-state index in [1.165, 1.54) is 0 Å². The predicted molar refractivity (Wildman–Crippen MR) is 65.0 cm³/mol. The van der Waals surface area contributed by atoms with Gasteiger partial charge in [-0.15, -0.1) is 0 Å². The fraction of sp³-hybridized carbons (Fsp3) is 0.167. The number of aromatic nitrogens is 2. The van der Waals surface area contributed by atoms with Crippen LogP contribution in [-0.4, -0.2) is 17.0 Å². The van der Waals surface area contributed by atoms with Gasteiger partial charge in [-0.25, -0.2) is 9.97 Å². The summed E-state index contributed by atoms with van der Waals surface area (Å²) in [5.41, 5.74) is 7.51. The Morgan fingerprint density at radius 1 is 1.12 bits per heavy atom. The standard InChI is InChI=1S/C12H14N4/c1-16(9-12-14-7-2-8-15-12)11-5-3-10(13)4-6-11/h2-8H,9,13H2,1H3. The Kier molecular flexibility index (Phi) is 3.00. The molecule has 4 heteroatoms. The van der Waals surface area contributed by atoms with Gasteiger partial charge in [-0.1, -0.05) is 0 Å². The first kappa shape index (κ1) is 10.4. The number of hydrogen-bond acceptors (Lipinski definition) is 4. The average molecular weight is 214 g/mol. The molecule has 1 aromatic heterocycles. The Hall–Kier alpha value is -2.10. The summed E-state index contributed by atoms with van der Waals surface area (Å²) in [6.07, 6.45) is 3.50. The lowest BCUT2D eigenvalue weighted by atomic mass is 10.2. The first-order chi connectivity index (χ1) is 7.75. The zero-order chi connectivity index (χ0) is 11.4. The van der Waals surface area contributed by atoms with Gasteiger partial charge in [0.15, 0.2) is 0 Å². The lowest BCUT2D eigenvalue weighted by Crippen LogP contribution is -2.17. The molecule has 0 bridgehead atoms. The molecule has 0 spiro atoms. The molecule has 4 nitrogen and oxygen atoms in total. The summed E-state index contributed by atoms with van der Waals surface area (Å²) in [6, 6.07) is 9.55. The molecular formula is C12H14N4. The lowest BCUT2D eigenvalue weighted by molar-refractivity contribution is 0.837. The van der Waals surface area contributed by atoms with E-state index in [-0.39, 0.29) is 0 Å². The summed E-state index contributed by atoms with van der Waals surface area (Å²) in [5, 5.41) is 0. The lowest BCUT2D eigenvalue weighted by Gasteiger charge is -2.18. The van der Waals surface area contributed by atoms with Crippen LogP contribution in [0.15, 0.2) is 42.7 Å². The van der Waals surface area contributed by atoms with Gasteiger partial charge < -0.3 is 10.6 Å². The molecule has 0 amide bonds. The van der Waals surface area contributed by atoms with Gasteiger partial charge in [0.1, 0.15) is 5.82 Å². The molecule has 2 aromatic rings. The van der Waals surface area contributed by atoms with Crippen molar-refractivity contribution in [3.63, 3.8) is 0 Å². The Morgan fingerprint density at radius 3 is 2.38 bits per heavy atom. The van der Waals surface area contributed by atoms with Crippen LogP contribution >= 0.6 is 0 Å². The molecule has 0 aliphatic rings. The average Bonchev–Trinajstić information content (AvgIpc) is 2.31. The van der Waals surface area contributed by atoms with Crippen molar-refractivity contribution in [2.75, 3.05) is 17.7 Å². The third kappa shape index (κ3) is 2.48. The predicted octanol–water partition coefficient (Wildman–Crippen LogP) is 1.70. The quantitative estimate of drug-likeness (QED) is 0.790. The number of rotatable bonds is 3. The molecule has 2 N–H and O–H groups in total. The van der Waals surface area contributed by atoms with Crippen LogP contribution in [0.2, 0.25) is 0 Å². The summed E-state index contributed by atoms with van der Waals surface area (Å²) in [5.74, 6) is 0.807. The summed E-state index contributed by atoms with van der Waals surface area (Å²) in [6.45, 7) is 0.685. The second kappa shape index (κ2) is 4.61. The number of hydrogen-bond donors (Lipinski definition) is 1. The highest BCUT2D eigenvalue weighted by atomic mass is 15.1. The van der Waals surface area contributed by atoms with Crippen LogP contribution in [0.1, 0.15) is 5.82 Å². The van der Waals surface area contributed by atoms with E-state index in [9.17, 15) is 0 Å². The largest absolute Gasteiger partial charge is 0.399 e. The highest BCUT2D eigenvalue weighted by Gasteiger charge is 2.02. The second-order valence-electron chi connectivity index (χ2n) is 3.61. The number of anilines is 2. The van der Waals surface area contributed by atoms with Gasteiger partial charge in [0.2, 0.25) is 0 Å². The molecule has 0 unspecified atom stereocenters. The van der Waals surface area contributed by atoms with Gasteiger partial charge >= 0.3 is 0 Å². The fourth-order valence-corrected chi connectivity index (χ4v) is 1.44. The Bertz CT molecular complexity index is 438. The highest BCUT2D eigenvalue weighted by Crippen LogP contribution is 2.15. The maximum Gasteiger partial charge on any atom is 0.147 e. The molecule has 0 radical (unpaired) electrons. The van der Waals surface area contributed by atoms with Crippen molar-refractivity contribution in [1.29, 1.82) is 0 Å². The maximum atomic E-state index is 5.64. The van der Waals surface area contributed by atoms with Crippen LogP contribution in [0, 0.1) is 0 Å². The molecule has 0 atom stereocenters. The van der Waals surface area contributed by atoms with Gasteiger partial charge in [-0.3, -0.25) is 0 Å². The van der Waals surface area contributed by atoms with E-state index in [0.717, 1.165) is 17.2 Å². The minimum atomic E-state index is 0.685. The first-order valence-electron chi connectivity index (χ1n) is 5.08. The molecule has 0 fully saturated rings. The van der Waals surface area contributed by atoms with Crippen LogP contribution < -0.4 is 10.6 Å². The summed E-state index contributed by atoms with van der Waals surface area (Å²) >= 11 is 0. The van der Waals surface area contributed by atoms with Gasteiger partial charge in [0, 0.05) is 30.8 Å². The molecule has 0 saturated carbocycles. The van der Waals surface area contributed by atoms with Crippen LogP contribution in [-0.2, 0) is 6.54 Å². The molecular weight excluding hydrogens is 200 g/mol. The third-order valence-electron chi connectivity index (χ3n) is 2.33. The highest BCUT2D eigenvalue weighted by molar-refractivity contribution is 5.52. The Labute approximate surface area is 94.8 Å². The van der Waals surface area contributed by atoms with Crippen molar-refractivity contribution >= 4 is 11.4 Å². The van der Waals surface area contributed by atoms with Crippen molar-refractivity contribution in [2.45, 2.75) is 6.54 Å². The van der Waals surface area contributed by atoms with Crippen LogP contribution in [0.4, 0.5) is 11.4 Å². The molecule has 0 aliphatic carbocycles. The number of nitrogens with two attached hydrogens (primary N) is 1. The van der Waals surface area contributed by atoms with Crippen molar-refractivity contribution < 1.29 is 0 Å². The first-order valence-corrected chi connectivity index (χ1v) is 5.08. The second-order valence-corrected chi connectivity index (χ2v) is 3.61. The molecule has 2 rings (SSSR count). The topological polar surface area (TPSA) is 55.0 Å². The van der Waals surface area contributed by atoms with E-state index in [1.807, 2.05) is 37.4 Å². The van der Waals surface area contributed by atoms with E-state index >= 15 is 0 Å². The Morgan fingerprint density at radius 2 is 1.75 bits per heavy atom. The van der Waals surface area contributed by atoms with E-state index in [0.29, 0.717) is 6.54 Å². The van der Waals surface area contributed by atoms with Crippen molar-refractivity contribution in [1.82, 2.24) is 9.97 Å². The van der Waals surface area contributed by atoms with Crippen LogP contribution in [0.5, 0.6) is 0 Å². The number of benzene rings is 1. The zero-order valence-electron chi connectivity index (χ0n) is 9.17. The van der Waals surface area contributed by atoms with Crippen LogP contribution in [0.3, 0.4) is 0 Å². The van der Waals surface area contributed by atoms with Gasteiger partial charge in [0.05, 0.1) is 6.54 Å². The normalized spacial score (nSPS) is 10.1. The SMILES string of the molecule is CN(Cc1ncccn1)c1ccc(N)cc1. The van der Waals surface area contributed by atoms with Gasteiger partial charge in [-0.05, 0) is 30.3 Å². The van der Waals surface area contributed by atoms with Crippen molar-refractivity contribution in [3.05, 3.63) is 48.5 Å². The van der Waals surface area contributed by atoms with Crippen LogP contribution in [0.25, 0.3) is 0 Å². The van der Waals surface area contributed by atoms with Crippen molar-refractivity contribution in [2.24, 2.45) is 0 Å². The molecule has 0 aliphatic heterocycles.